The van der Waals surface area contributed by atoms with Gasteiger partial charge in [-0.1, -0.05) is 19.1 Å². The van der Waals surface area contributed by atoms with Gasteiger partial charge in [-0.3, -0.25) is 0 Å². The van der Waals surface area contributed by atoms with Gasteiger partial charge < -0.3 is 4.74 Å². The maximum Gasteiger partial charge on any atom is 0.416 e. The smallest absolute Gasteiger partial charge is 0.416 e. The zero-order valence-electron chi connectivity index (χ0n) is 10.8. The highest BCUT2D eigenvalue weighted by molar-refractivity contribution is 5.35. The number of ether oxygens (including phenoxy) is 1. The monoisotopic (exact) mass is 279 g/mol. The predicted octanol–water partition coefficient (Wildman–Crippen LogP) is 5.26. The fraction of sp³-hybridized carbons (Fsp3) is 0.188. The first kappa shape index (κ1) is 14.4. The molecule has 0 aromatic heterocycles. The van der Waals surface area contributed by atoms with E-state index in [9.17, 15) is 13.2 Å². The van der Waals surface area contributed by atoms with Crippen LogP contribution in [0.2, 0.25) is 0 Å². The fourth-order valence-corrected chi connectivity index (χ4v) is 1.78. The minimum absolute atomic E-state index is 0.378. The summed E-state index contributed by atoms with van der Waals surface area (Å²) in [5, 5.41) is 0. The largest absolute Gasteiger partial charge is 0.457 e. The van der Waals surface area contributed by atoms with Crippen LogP contribution >= 0.6 is 0 Å². The molecule has 1 nitrogen and oxygen atoms in total. The van der Waals surface area contributed by atoms with Crippen molar-refractivity contribution in [2.45, 2.75) is 19.0 Å². The van der Waals surface area contributed by atoms with Gasteiger partial charge in [0.25, 0.3) is 0 Å². The molecular weight excluding hydrogens is 265 g/mol. The molecule has 0 atom stereocenters. The lowest BCUT2D eigenvalue weighted by atomic mass is 10.1. The molecule has 2 rings (SSSR count). The summed E-state index contributed by atoms with van der Waals surface area (Å²) in [6, 6.07) is 12.1. The van der Waals surface area contributed by atoms with Crippen molar-refractivity contribution in [1.82, 2.24) is 0 Å². The van der Waals surface area contributed by atoms with Crippen LogP contribution in [0.3, 0.4) is 0 Å². The Balaban J connectivity index is 2.06. The summed E-state index contributed by atoms with van der Waals surface area (Å²) in [5.74, 6) is 0.973. The van der Waals surface area contributed by atoms with Crippen LogP contribution in [-0.2, 0) is 12.6 Å². The van der Waals surface area contributed by atoms with Crippen molar-refractivity contribution in [2.75, 3.05) is 0 Å². The molecule has 4 heteroatoms. The van der Waals surface area contributed by atoms with Crippen LogP contribution in [-0.4, -0.2) is 0 Å². The van der Waals surface area contributed by atoms with E-state index in [1.165, 1.54) is 12.1 Å². The number of alkyl halides is 3. The van der Waals surface area contributed by atoms with E-state index < -0.39 is 11.7 Å². The summed E-state index contributed by atoms with van der Waals surface area (Å²) >= 11 is 0. The topological polar surface area (TPSA) is 9.23 Å². The molecule has 0 saturated heterocycles. The van der Waals surface area contributed by atoms with Crippen LogP contribution in [0.15, 0.2) is 48.5 Å². The maximum atomic E-state index is 12.4. The minimum atomic E-state index is -4.33. The summed E-state index contributed by atoms with van der Waals surface area (Å²) in [5.41, 5.74) is 0.468. The molecule has 0 N–H and O–H groups in total. The van der Waals surface area contributed by atoms with Gasteiger partial charge in [0.1, 0.15) is 11.5 Å². The molecule has 0 saturated carbocycles. The molecule has 20 heavy (non-hydrogen) atoms. The highest BCUT2D eigenvalue weighted by atomic mass is 19.4. The lowest BCUT2D eigenvalue weighted by Gasteiger charge is -2.09. The number of hydrogen-bond donors (Lipinski definition) is 0. The Bertz CT molecular complexity index is 541. The van der Waals surface area contributed by atoms with Crippen molar-refractivity contribution < 1.29 is 17.9 Å². The molecule has 105 valence electrons. The van der Waals surface area contributed by atoms with Gasteiger partial charge in [0.2, 0.25) is 0 Å². The van der Waals surface area contributed by atoms with Gasteiger partial charge in [-0.05, 0) is 54.8 Å². The van der Waals surface area contributed by atoms with Gasteiger partial charge in [-0.25, -0.2) is 0 Å². The average Bonchev–Trinajstić information content (AvgIpc) is 2.41. The first-order chi connectivity index (χ1) is 9.49. The molecule has 0 amide bonds. The quantitative estimate of drug-likeness (QED) is 0.741. The second-order valence-corrected chi connectivity index (χ2v) is 4.37. The zero-order valence-corrected chi connectivity index (χ0v) is 10.8. The predicted molar refractivity (Wildman–Crippen MR) is 71.6 cm³/mol. The molecule has 0 aliphatic carbocycles. The number of hydrogen-bond acceptors (Lipinski definition) is 1. The highest BCUT2D eigenvalue weighted by Gasteiger charge is 2.30. The summed E-state index contributed by atoms with van der Waals surface area (Å²) in [7, 11) is 0. The van der Waals surface area contributed by atoms with E-state index in [-0.39, 0.29) is 0 Å². The molecule has 2 aromatic carbocycles. The minimum Gasteiger partial charge on any atom is -0.457 e. The van der Waals surface area contributed by atoms with Crippen LogP contribution in [0.5, 0.6) is 11.5 Å². The standard InChI is InChI=1S/C16H14F3O/c1-2-3-12-4-8-14(9-5-12)20-15-10-6-13(7-11-15)16(17,18)19/h4-11H,1-3H2. The van der Waals surface area contributed by atoms with E-state index in [1.54, 1.807) is 12.1 Å². The van der Waals surface area contributed by atoms with E-state index in [0.717, 1.165) is 30.5 Å². The van der Waals surface area contributed by atoms with Crippen LogP contribution in [0.1, 0.15) is 17.5 Å². The summed E-state index contributed by atoms with van der Waals surface area (Å²) in [4.78, 5) is 0. The van der Waals surface area contributed by atoms with Gasteiger partial charge >= 0.3 is 6.18 Å². The van der Waals surface area contributed by atoms with Crippen molar-refractivity contribution in [3.05, 3.63) is 66.6 Å². The number of rotatable bonds is 4. The zero-order chi connectivity index (χ0) is 14.6. The van der Waals surface area contributed by atoms with Gasteiger partial charge in [0.15, 0.2) is 0 Å². The number of aryl methyl sites for hydroxylation is 1. The first-order valence-corrected chi connectivity index (χ1v) is 6.22. The van der Waals surface area contributed by atoms with E-state index in [1.807, 2.05) is 12.1 Å². The molecular formula is C16H14F3O. The number of halogens is 3. The Labute approximate surface area is 116 Å². The number of benzene rings is 2. The Morgan fingerprint density at radius 2 is 1.35 bits per heavy atom. The first-order valence-electron chi connectivity index (χ1n) is 6.22. The van der Waals surface area contributed by atoms with Crippen molar-refractivity contribution >= 4 is 0 Å². The third-order valence-corrected chi connectivity index (χ3v) is 2.81. The summed E-state index contributed by atoms with van der Waals surface area (Å²) < 4.78 is 42.7. The SMILES string of the molecule is [CH2]CCc1ccc(Oc2ccc(C(F)(F)F)cc2)cc1. The molecule has 2 aromatic rings. The van der Waals surface area contributed by atoms with Crippen LogP contribution in [0.4, 0.5) is 13.2 Å². The Morgan fingerprint density at radius 1 is 0.850 bits per heavy atom. The van der Waals surface area contributed by atoms with Gasteiger partial charge in [0, 0.05) is 0 Å². The molecule has 0 heterocycles. The van der Waals surface area contributed by atoms with E-state index in [2.05, 4.69) is 6.92 Å². The molecule has 0 bridgehead atoms. The Morgan fingerprint density at radius 3 is 1.80 bits per heavy atom. The van der Waals surface area contributed by atoms with Crippen LogP contribution < -0.4 is 4.74 Å². The molecule has 0 unspecified atom stereocenters. The Hall–Kier alpha value is -1.97. The average molecular weight is 279 g/mol. The van der Waals surface area contributed by atoms with Gasteiger partial charge in [-0.2, -0.15) is 13.2 Å². The lowest BCUT2D eigenvalue weighted by molar-refractivity contribution is -0.137. The second kappa shape index (κ2) is 5.99. The third kappa shape index (κ3) is 3.76. The van der Waals surface area contributed by atoms with Gasteiger partial charge in [-0.15, -0.1) is 0 Å². The van der Waals surface area contributed by atoms with Crippen molar-refractivity contribution in [3.8, 4) is 11.5 Å². The van der Waals surface area contributed by atoms with Crippen LogP contribution in [0.25, 0.3) is 0 Å². The highest BCUT2D eigenvalue weighted by Crippen LogP contribution is 2.31. The third-order valence-electron chi connectivity index (χ3n) is 2.81. The molecule has 0 fully saturated rings. The van der Waals surface area contributed by atoms with E-state index in [0.29, 0.717) is 11.5 Å². The van der Waals surface area contributed by atoms with Crippen molar-refractivity contribution in [2.24, 2.45) is 0 Å². The van der Waals surface area contributed by atoms with E-state index >= 15 is 0 Å². The summed E-state index contributed by atoms with van der Waals surface area (Å²) in [6.07, 6.45) is -2.62. The molecule has 0 aliphatic rings. The molecule has 1 radical (unpaired) electrons. The normalized spacial score (nSPS) is 11.4. The van der Waals surface area contributed by atoms with Crippen LogP contribution in [0, 0.1) is 6.92 Å². The molecule has 0 aliphatic heterocycles. The fourth-order valence-electron chi connectivity index (χ4n) is 1.78. The van der Waals surface area contributed by atoms with E-state index in [4.69, 9.17) is 4.74 Å². The lowest BCUT2D eigenvalue weighted by Crippen LogP contribution is -2.03. The van der Waals surface area contributed by atoms with Crippen molar-refractivity contribution in [1.29, 1.82) is 0 Å². The van der Waals surface area contributed by atoms with Gasteiger partial charge in [0.05, 0.1) is 5.56 Å². The molecule has 0 spiro atoms. The summed E-state index contributed by atoms with van der Waals surface area (Å²) in [6.45, 7) is 3.78. The second-order valence-electron chi connectivity index (χ2n) is 4.37. The Kier molecular flexibility index (Phi) is 4.32. The maximum absolute atomic E-state index is 12.4. The van der Waals surface area contributed by atoms with Crippen molar-refractivity contribution in [3.63, 3.8) is 0 Å².